The standard InChI is InChI=1S/C16H11N3O2/c17-11-13-9-10-15(18-12-13)7-3-1-5-14-6-2-4-8-16(14)19(20)21/h1-10,12H/b5-1+,7-3+. The van der Waals surface area contributed by atoms with Crippen molar-refractivity contribution in [3.05, 3.63) is 81.7 Å². The summed E-state index contributed by atoms with van der Waals surface area (Å²) in [5.74, 6) is 0. The Morgan fingerprint density at radius 1 is 1.14 bits per heavy atom. The molecule has 0 aliphatic carbocycles. The lowest BCUT2D eigenvalue weighted by Gasteiger charge is -1.95. The van der Waals surface area contributed by atoms with E-state index in [1.54, 1.807) is 54.6 Å². The van der Waals surface area contributed by atoms with Crippen LogP contribution >= 0.6 is 0 Å². The number of nitro benzene ring substituents is 1. The highest BCUT2D eigenvalue weighted by Crippen LogP contribution is 2.18. The Bertz CT molecular complexity index is 741. The second kappa shape index (κ2) is 6.78. The maximum absolute atomic E-state index is 10.9. The molecule has 0 radical (unpaired) electrons. The van der Waals surface area contributed by atoms with E-state index in [2.05, 4.69) is 4.98 Å². The molecule has 1 heterocycles. The monoisotopic (exact) mass is 277 g/mol. The van der Waals surface area contributed by atoms with Crippen molar-refractivity contribution >= 4 is 17.8 Å². The zero-order valence-electron chi connectivity index (χ0n) is 11.0. The van der Waals surface area contributed by atoms with Gasteiger partial charge in [-0.25, -0.2) is 0 Å². The molecule has 0 N–H and O–H groups in total. The number of rotatable bonds is 4. The predicted molar refractivity (Wildman–Crippen MR) is 80.1 cm³/mol. The fourth-order valence-corrected chi connectivity index (χ4v) is 1.68. The summed E-state index contributed by atoms with van der Waals surface area (Å²) >= 11 is 0. The highest BCUT2D eigenvalue weighted by Gasteiger charge is 2.08. The Balaban J connectivity index is 2.10. The van der Waals surface area contributed by atoms with Crippen molar-refractivity contribution in [1.29, 1.82) is 5.26 Å². The van der Waals surface area contributed by atoms with Gasteiger partial charge in [0, 0.05) is 12.3 Å². The molecule has 0 saturated heterocycles. The Kier molecular flexibility index (Phi) is 4.57. The van der Waals surface area contributed by atoms with Gasteiger partial charge in [-0.2, -0.15) is 5.26 Å². The average Bonchev–Trinajstić information content (AvgIpc) is 2.52. The zero-order valence-corrected chi connectivity index (χ0v) is 11.0. The highest BCUT2D eigenvalue weighted by molar-refractivity contribution is 5.63. The molecule has 5 heteroatoms. The fraction of sp³-hybridized carbons (Fsp3) is 0. The van der Waals surface area contributed by atoms with Crippen molar-refractivity contribution in [1.82, 2.24) is 4.98 Å². The van der Waals surface area contributed by atoms with Gasteiger partial charge in [0.15, 0.2) is 0 Å². The van der Waals surface area contributed by atoms with Crippen molar-refractivity contribution in [2.45, 2.75) is 0 Å². The van der Waals surface area contributed by atoms with Gasteiger partial charge in [0.1, 0.15) is 6.07 Å². The molecule has 0 spiro atoms. The molecular formula is C16H11N3O2. The number of aromatic nitrogens is 1. The lowest BCUT2D eigenvalue weighted by Crippen LogP contribution is -1.90. The maximum atomic E-state index is 10.9. The number of nitro groups is 1. The molecule has 1 aromatic carbocycles. The third-order valence-electron chi connectivity index (χ3n) is 2.70. The Morgan fingerprint density at radius 2 is 1.90 bits per heavy atom. The van der Waals surface area contributed by atoms with E-state index in [4.69, 9.17) is 5.26 Å². The van der Waals surface area contributed by atoms with Gasteiger partial charge in [-0.05, 0) is 30.4 Å². The summed E-state index contributed by atoms with van der Waals surface area (Å²) in [6.07, 6.45) is 8.36. The van der Waals surface area contributed by atoms with E-state index in [0.717, 1.165) is 0 Å². The number of benzene rings is 1. The Hall–Kier alpha value is -3.26. The summed E-state index contributed by atoms with van der Waals surface area (Å²) in [5, 5.41) is 19.5. The van der Waals surface area contributed by atoms with Crippen LogP contribution in [0.5, 0.6) is 0 Å². The molecule has 5 nitrogen and oxygen atoms in total. The number of allylic oxidation sites excluding steroid dienone is 2. The first-order chi connectivity index (χ1) is 10.2. The third kappa shape index (κ3) is 3.85. The molecule has 2 rings (SSSR count). The molecule has 0 aliphatic rings. The molecule has 21 heavy (non-hydrogen) atoms. The van der Waals surface area contributed by atoms with Crippen LogP contribution in [0.4, 0.5) is 5.69 Å². The van der Waals surface area contributed by atoms with Crippen LogP contribution in [0.15, 0.2) is 54.7 Å². The second-order valence-electron chi connectivity index (χ2n) is 4.12. The van der Waals surface area contributed by atoms with Gasteiger partial charge in [0.25, 0.3) is 5.69 Å². The first kappa shape index (κ1) is 14.2. The molecule has 0 fully saturated rings. The largest absolute Gasteiger partial charge is 0.276 e. The van der Waals surface area contributed by atoms with E-state index < -0.39 is 4.92 Å². The van der Waals surface area contributed by atoms with E-state index in [1.807, 2.05) is 6.07 Å². The predicted octanol–water partition coefficient (Wildman–Crippen LogP) is 3.59. The molecule has 0 unspecified atom stereocenters. The molecular weight excluding hydrogens is 266 g/mol. The van der Waals surface area contributed by atoms with Gasteiger partial charge in [-0.1, -0.05) is 24.3 Å². The van der Waals surface area contributed by atoms with Crippen molar-refractivity contribution in [2.24, 2.45) is 0 Å². The van der Waals surface area contributed by atoms with Gasteiger partial charge in [-0.15, -0.1) is 0 Å². The number of nitrogens with zero attached hydrogens (tertiary/aromatic N) is 3. The van der Waals surface area contributed by atoms with Gasteiger partial charge in [-0.3, -0.25) is 15.1 Å². The molecule has 0 amide bonds. The molecule has 0 bridgehead atoms. The van der Waals surface area contributed by atoms with Crippen LogP contribution in [0, 0.1) is 21.4 Å². The van der Waals surface area contributed by atoms with Crippen LogP contribution in [-0.2, 0) is 0 Å². The lowest BCUT2D eigenvalue weighted by atomic mass is 10.1. The van der Waals surface area contributed by atoms with Crippen LogP contribution in [0.1, 0.15) is 16.8 Å². The summed E-state index contributed by atoms with van der Waals surface area (Å²) in [4.78, 5) is 14.5. The summed E-state index contributed by atoms with van der Waals surface area (Å²) < 4.78 is 0. The molecule has 1 aromatic heterocycles. The topological polar surface area (TPSA) is 79.8 Å². The summed E-state index contributed by atoms with van der Waals surface area (Å²) in [7, 11) is 0. The molecule has 0 atom stereocenters. The summed E-state index contributed by atoms with van der Waals surface area (Å²) in [5.41, 5.74) is 1.82. The number of nitriles is 1. The minimum Gasteiger partial charge on any atom is -0.258 e. The molecule has 2 aromatic rings. The number of para-hydroxylation sites is 1. The van der Waals surface area contributed by atoms with Crippen molar-refractivity contribution < 1.29 is 4.92 Å². The maximum Gasteiger partial charge on any atom is 0.276 e. The van der Waals surface area contributed by atoms with Crippen molar-refractivity contribution in [3.63, 3.8) is 0 Å². The molecule has 102 valence electrons. The minimum absolute atomic E-state index is 0.0682. The van der Waals surface area contributed by atoms with Crippen LogP contribution in [0.25, 0.3) is 12.2 Å². The average molecular weight is 277 g/mol. The Morgan fingerprint density at radius 3 is 2.57 bits per heavy atom. The minimum atomic E-state index is -0.411. The van der Waals surface area contributed by atoms with E-state index >= 15 is 0 Å². The lowest BCUT2D eigenvalue weighted by molar-refractivity contribution is -0.385. The normalized spacial score (nSPS) is 10.8. The SMILES string of the molecule is N#Cc1ccc(/C=C/C=C/c2ccccc2[N+](=O)[O-])nc1. The molecule has 0 aliphatic heterocycles. The van der Waals surface area contributed by atoms with E-state index in [1.165, 1.54) is 12.3 Å². The van der Waals surface area contributed by atoms with E-state index in [0.29, 0.717) is 16.8 Å². The fourth-order valence-electron chi connectivity index (χ4n) is 1.68. The van der Waals surface area contributed by atoms with Gasteiger partial charge >= 0.3 is 0 Å². The third-order valence-corrected chi connectivity index (χ3v) is 2.70. The van der Waals surface area contributed by atoms with Gasteiger partial charge < -0.3 is 0 Å². The van der Waals surface area contributed by atoms with Gasteiger partial charge in [0.05, 0.1) is 21.7 Å². The van der Waals surface area contributed by atoms with Crippen LogP contribution in [-0.4, -0.2) is 9.91 Å². The first-order valence-electron chi connectivity index (χ1n) is 6.15. The Labute approximate surface area is 121 Å². The zero-order chi connectivity index (χ0) is 15.1. The first-order valence-corrected chi connectivity index (χ1v) is 6.15. The van der Waals surface area contributed by atoms with Gasteiger partial charge in [0.2, 0.25) is 0 Å². The quantitative estimate of drug-likeness (QED) is 0.486. The number of hydrogen-bond donors (Lipinski definition) is 0. The number of pyridine rings is 1. The van der Waals surface area contributed by atoms with Crippen LogP contribution in [0.2, 0.25) is 0 Å². The van der Waals surface area contributed by atoms with Crippen molar-refractivity contribution in [3.8, 4) is 6.07 Å². The second-order valence-corrected chi connectivity index (χ2v) is 4.12. The van der Waals surface area contributed by atoms with Crippen LogP contribution < -0.4 is 0 Å². The highest BCUT2D eigenvalue weighted by atomic mass is 16.6. The smallest absolute Gasteiger partial charge is 0.258 e. The van der Waals surface area contributed by atoms with Crippen molar-refractivity contribution in [2.75, 3.05) is 0 Å². The van der Waals surface area contributed by atoms with E-state index in [-0.39, 0.29) is 5.69 Å². The number of hydrogen-bond acceptors (Lipinski definition) is 4. The van der Waals surface area contributed by atoms with Crippen LogP contribution in [0.3, 0.4) is 0 Å². The summed E-state index contributed by atoms with van der Waals surface area (Å²) in [6.45, 7) is 0. The molecule has 0 saturated carbocycles. The summed E-state index contributed by atoms with van der Waals surface area (Å²) in [6, 6.07) is 11.9. The van der Waals surface area contributed by atoms with E-state index in [9.17, 15) is 10.1 Å².